The van der Waals surface area contributed by atoms with E-state index in [1.807, 2.05) is 6.20 Å². The Bertz CT molecular complexity index is 4100. The van der Waals surface area contributed by atoms with E-state index in [4.69, 9.17) is 9.98 Å². The van der Waals surface area contributed by atoms with E-state index in [0.717, 1.165) is 55.7 Å². The van der Waals surface area contributed by atoms with Crippen molar-refractivity contribution in [3.63, 3.8) is 0 Å². The molecule has 6 heteroatoms. The van der Waals surface area contributed by atoms with Crippen LogP contribution in [0.5, 0.6) is 0 Å². The summed E-state index contributed by atoms with van der Waals surface area (Å²) in [5.41, 5.74) is 30.0. The van der Waals surface area contributed by atoms with E-state index in [0.29, 0.717) is 0 Å². The third-order valence-corrected chi connectivity index (χ3v) is 17.9. The van der Waals surface area contributed by atoms with Gasteiger partial charge in [-0.1, -0.05) is 87.8 Å². The van der Waals surface area contributed by atoms with Gasteiger partial charge in [0.15, 0.2) is 0 Å². The number of hydrogen-bond donors (Lipinski definition) is 0. The second kappa shape index (κ2) is 17.5. The van der Waals surface area contributed by atoms with Gasteiger partial charge in [-0.2, -0.15) is 6.07 Å². The third kappa shape index (κ3) is 7.26. The fourth-order valence-corrected chi connectivity index (χ4v) is 12.9. The maximum Gasteiger partial charge on any atom is 2.00 e. The molecule has 2 atom stereocenters. The van der Waals surface area contributed by atoms with Gasteiger partial charge in [-0.3, -0.25) is 0 Å². The van der Waals surface area contributed by atoms with Crippen molar-refractivity contribution >= 4 is 55.3 Å². The number of amidine groups is 1. The molecule has 0 bridgehead atoms. The van der Waals surface area contributed by atoms with Crippen molar-refractivity contribution in [3.05, 3.63) is 198 Å². The van der Waals surface area contributed by atoms with Crippen LogP contribution in [0.1, 0.15) is 143 Å². The van der Waals surface area contributed by atoms with Crippen molar-refractivity contribution in [3.8, 4) is 22.5 Å². The Hall–Kier alpha value is -6.55. The van der Waals surface area contributed by atoms with Crippen LogP contribution in [0.3, 0.4) is 0 Å². The number of fused-ring (bicyclic) bond motifs is 12. The molecule has 5 nitrogen and oxygen atoms in total. The predicted molar refractivity (Wildman–Crippen MR) is 313 cm³/mol. The number of aryl methyl sites for hydroxylation is 5. The van der Waals surface area contributed by atoms with Gasteiger partial charge in [0.2, 0.25) is 0 Å². The van der Waals surface area contributed by atoms with Crippen LogP contribution in [0.4, 0.5) is 5.69 Å². The average molecular weight is 1160 g/mol. The van der Waals surface area contributed by atoms with Crippen LogP contribution in [0.2, 0.25) is 0 Å². The summed E-state index contributed by atoms with van der Waals surface area (Å²) in [6.45, 7) is 39.1. The van der Waals surface area contributed by atoms with Crippen LogP contribution >= 0.6 is 0 Å². The Morgan fingerprint density at radius 3 is 1.92 bits per heavy atom. The molecule has 380 valence electrons. The summed E-state index contributed by atoms with van der Waals surface area (Å²) in [7, 11) is 0. The summed E-state index contributed by atoms with van der Waals surface area (Å²) < 4.78 is 4.72. The number of aliphatic imine (C=N–C) groups is 1. The zero-order chi connectivity index (χ0) is 52.3. The molecule has 0 saturated carbocycles. The molecule has 0 saturated heterocycles. The van der Waals surface area contributed by atoms with Gasteiger partial charge in [0.05, 0.1) is 22.9 Å². The number of hydrogen-bond acceptors (Lipinski definition) is 3. The molecule has 0 N–H and O–H groups in total. The molecule has 0 unspecified atom stereocenters. The van der Waals surface area contributed by atoms with E-state index in [9.17, 15) is 0 Å². The molecule has 3 aromatic heterocycles. The molecule has 75 heavy (non-hydrogen) atoms. The van der Waals surface area contributed by atoms with Gasteiger partial charge < -0.3 is 19.0 Å². The quantitative estimate of drug-likeness (QED) is 0.161. The Morgan fingerprint density at radius 1 is 0.587 bits per heavy atom. The van der Waals surface area contributed by atoms with E-state index < -0.39 is 5.54 Å². The molecule has 12 rings (SSSR count). The number of aromatic nitrogens is 3. The van der Waals surface area contributed by atoms with Crippen LogP contribution in [-0.4, -0.2) is 20.0 Å². The largest absolute Gasteiger partial charge is 2.00 e. The molecule has 2 aliphatic rings. The van der Waals surface area contributed by atoms with Crippen molar-refractivity contribution in [2.45, 2.75) is 141 Å². The monoisotopic (exact) mass is 1160 g/mol. The minimum Gasteiger partial charge on any atom is -0.354 e. The van der Waals surface area contributed by atoms with Crippen LogP contribution in [0.15, 0.2) is 102 Å². The summed E-state index contributed by atoms with van der Waals surface area (Å²) >= 11 is 0. The molecular formula is C69H69N5Pt. The van der Waals surface area contributed by atoms with Gasteiger partial charge in [-0.25, -0.2) is 4.98 Å². The molecule has 1 aliphatic heterocycles. The van der Waals surface area contributed by atoms with Gasteiger partial charge >= 0.3 is 21.1 Å². The Morgan fingerprint density at radius 2 is 1.23 bits per heavy atom. The zero-order valence-corrected chi connectivity index (χ0v) is 49.2. The van der Waals surface area contributed by atoms with E-state index in [-0.39, 0.29) is 38.4 Å². The van der Waals surface area contributed by atoms with E-state index in [1.165, 1.54) is 111 Å². The summed E-state index contributed by atoms with van der Waals surface area (Å²) in [6.07, 6.45) is 1.91. The maximum absolute atomic E-state index is 6.16. The Balaban J connectivity index is 0.00000602. The fourth-order valence-electron chi connectivity index (χ4n) is 12.9. The minimum absolute atomic E-state index is 0. The van der Waals surface area contributed by atoms with Crippen molar-refractivity contribution in [2.75, 3.05) is 4.90 Å². The SMILES string of the molecule is Cc1ccc2c(c1)c1ccc(-n3c4ccc(C(C)(C)C)cc4c4cccnc43)[c-]c1n2-c1[c-]c(C2=N[C@@H]3c4cc(C)c(C)c(C)c4-c4c(cc(C)c(C)c4C)[C@]3(C)N2c2c(C)c(C)cc(C)c2C)cc(C(C)C)c1.[Pt+2]. The van der Waals surface area contributed by atoms with Gasteiger partial charge in [-0.15, -0.1) is 46.8 Å². The molecule has 0 radical (unpaired) electrons. The first kappa shape index (κ1) is 50.6. The second-order valence-corrected chi connectivity index (χ2v) is 23.7. The topological polar surface area (TPSA) is 38.4 Å². The molecule has 7 aromatic carbocycles. The first-order valence-electron chi connectivity index (χ1n) is 26.7. The van der Waals surface area contributed by atoms with E-state index in [1.54, 1.807) is 0 Å². The molecule has 0 amide bonds. The van der Waals surface area contributed by atoms with Gasteiger partial charge in [0, 0.05) is 28.2 Å². The van der Waals surface area contributed by atoms with Crippen molar-refractivity contribution in [1.29, 1.82) is 0 Å². The normalized spacial score (nSPS) is 16.3. The first-order valence-corrected chi connectivity index (χ1v) is 26.7. The van der Waals surface area contributed by atoms with Crippen LogP contribution < -0.4 is 4.90 Å². The zero-order valence-electron chi connectivity index (χ0n) is 46.9. The summed E-state index contributed by atoms with van der Waals surface area (Å²) in [5, 5.41) is 4.68. The standard InChI is InChI=1S/C69H69N5.Pt/c1-36(2)48-31-49(66-71-65-57-29-40(6)42(8)46(12)62(57)63-47(13)43(9)41(7)30-58(63)69(65,17)74(66)64-44(10)38(4)28-39(5)45(64)11)33-52(32-48)72-59-24-20-37(3)27-55(59)53-23-22-51(35-61(53)72)73-60-25-21-50(68(14,15)16)34-56(60)54-19-18-26-70-67(54)73;/h18-32,34,36,65H,1-17H3;/q-2;+2/t65-,69+;/m1./s1. The minimum atomic E-state index is -0.580. The molecular weight excluding hydrogens is 1090 g/mol. The number of benzene rings is 7. The molecule has 10 aromatic rings. The van der Waals surface area contributed by atoms with Crippen molar-refractivity contribution in [2.24, 2.45) is 4.99 Å². The van der Waals surface area contributed by atoms with Crippen LogP contribution in [0.25, 0.3) is 66.2 Å². The summed E-state index contributed by atoms with van der Waals surface area (Å²) in [5.74, 6) is 1.18. The number of anilines is 1. The average Bonchev–Trinajstić information content (AvgIpc) is 3.99. The van der Waals surface area contributed by atoms with Crippen molar-refractivity contribution in [1.82, 2.24) is 14.1 Å². The molecule has 1 aliphatic carbocycles. The molecule has 4 heterocycles. The summed E-state index contributed by atoms with van der Waals surface area (Å²) in [6, 6.07) is 42.7. The number of pyridine rings is 1. The summed E-state index contributed by atoms with van der Waals surface area (Å²) in [4.78, 5) is 13.9. The van der Waals surface area contributed by atoms with Crippen LogP contribution in [0, 0.1) is 88.3 Å². The maximum atomic E-state index is 6.16. The molecule has 0 spiro atoms. The van der Waals surface area contributed by atoms with E-state index >= 15 is 0 Å². The first-order chi connectivity index (χ1) is 35.1. The third-order valence-electron chi connectivity index (χ3n) is 17.9. The smallest absolute Gasteiger partial charge is 0.354 e. The second-order valence-electron chi connectivity index (χ2n) is 23.7. The molecule has 0 fully saturated rings. The fraction of sp³-hybridized carbons (Fsp3) is 0.304. The van der Waals surface area contributed by atoms with Gasteiger partial charge in [0.25, 0.3) is 0 Å². The van der Waals surface area contributed by atoms with Gasteiger partial charge in [0.1, 0.15) is 5.65 Å². The predicted octanol–water partition coefficient (Wildman–Crippen LogP) is 17.6. The Labute approximate surface area is 459 Å². The Kier molecular flexibility index (Phi) is 11.8. The number of rotatable bonds is 5. The van der Waals surface area contributed by atoms with Crippen molar-refractivity contribution < 1.29 is 21.1 Å². The van der Waals surface area contributed by atoms with Crippen LogP contribution in [-0.2, 0) is 32.0 Å². The number of nitrogens with zero attached hydrogens (tertiary/aromatic N) is 5. The van der Waals surface area contributed by atoms with Gasteiger partial charge in [-0.05, 0) is 219 Å². The van der Waals surface area contributed by atoms with E-state index in [2.05, 4.69) is 235 Å².